The molecule has 1 saturated heterocycles. The van der Waals surface area contributed by atoms with Gasteiger partial charge in [0, 0.05) is 25.0 Å². The number of fused-ring (bicyclic) bond motifs is 1. The fourth-order valence-electron chi connectivity index (χ4n) is 2.47. The molecule has 1 aliphatic rings. The Balaban J connectivity index is 1.88. The van der Waals surface area contributed by atoms with E-state index in [0.717, 1.165) is 43.6 Å². The summed E-state index contributed by atoms with van der Waals surface area (Å²) in [4.78, 5) is 14.3. The van der Waals surface area contributed by atoms with Crippen molar-refractivity contribution in [3.05, 3.63) is 35.6 Å². The summed E-state index contributed by atoms with van der Waals surface area (Å²) < 4.78 is 5.67. The first-order valence-corrected chi connectivity index (χ1v) is 6.74. The van der Waals surface area contributed by atoms with E-state index in [-0.39, 0.29) is 5.91 Å². The average molecular weight is 258 g/mol. The first-order chi connectivity index (χ1) is 9.24. The van der Waals surface area contributed by atoms with Crippen LogP contribution >= 0.6 is 0 Å². The molecule has 1 aromatic carbocycles. The van der Waals surface area contributed by atoms with Crippen LogP contribution in [0.3, 0.4) is 0 Å². The van der Waals surface area contributed by atoms with Crippen LogP contribution in [0.15, 0.2) is 28.7 Å². The number of nitrogens with zero attached hydrogens (tertiary/aromatic N) is 1. The van der Waals surface area contributed by atoms with Gasteiger partial charge in [0.2, 0.25) is 0 Å². The molecular formula is C15H18N2O2. The van der Waals surface area contributed by atoms with E-state index < -0.39 is 0 Å². The van der Waals surface area contributed by atoms with E-state index in [0.29, 0.717) is 5.76 Å². The SMILES string of the molecule is Cc1ccc2oc(C(=O)N3CCCNCC3)cc2c1. The van der Waals surface area contributed by atoms with E-state index in [1.165, 1.54) is 5.56 Å². The van der Waals surface area contributed by atoms with Crippen LogP contribution in [0, 0.1) is 6.92 Å². The highest BCUT2D eigenvalue weighted by Crippen LogP contribution is 2.21. The third-order valence-electron chi connectivity index (χ3n) is 3.51. The quantitative estimate of drug-likeness (QED) is 0.852. The van der Waals surface area contributed by atoms with Crippen molar-refractivity contribution in [2.45, 2.75) is 13.3 Å². The lowest BCUT2D eigenvalue weighted by Crippen LogP contribution is -2.33. The van der Waals surface area contributed by atoms with Gasteiger partial charge in [-0.3, -0.25) is 4.79 Å². The number of benzene rings is 1. The molecule has 19 heavy (non-hydrogen) atoms. The Hall–Kier alpha value is -1.81. The second kappa shape index (κ2) is 5.05. The summed E-state index contributed by atoms with van der Waals surface area (Å²) in [6.45, 7) is 5.40. The first kappa shape index (κ1) is 12.2. The number of furan rings is 1. The Morgan fingerprint density at radius 3 is 3.05 bits per heavy atom. The van der Waals surface area contributed by atoms with Crippen LogP contribution in [0.4, 0.5) is 0 Å². The second-order valence-corrected chi connectivity index (χ2v) is 5.05. The van der Waals surface area contributed by atoms with Crippen molar-refractivity contribution < 1.29 is 9.21 Å². The molecule has 0 aliphatic carbocycles. The van der Waals surface area contributed by atoms with E-state index in [2.05, 4.69) is 5.32 Å². The van der Waals surface area contributed by atoms with E-state index in [1.807, 2.05) is 36.1 Å². The highest BCUT2D eigenvalue weighted by molar-refractivity contribution is 5.96. The Kier molecular flexibility index (Phi) is 3.25. The minimum atomic E-state index is -0.00227. The molecule has 2 aromatic rings. The van der Waals surface area contributed by atoms with Gasteiger partial charge in [0.15, 0.2) is 5.76 Å². The Labute approximate surface area is 112 Å². The van der Waals surface area contributed by atoms with Crippen molar-refractivity contribution >= 4 is 16.9 Å². The molecule has 1 fully saturated rings. The number of amides is 1. The van der Waals surface area contributed by atoms with Crippen LogP contribution in [-0.2, 0) is 0 Å². The maximum Gasteiger partial charge on any atom is 0.289 e. The van der Waals surface area contributed by atoms with Gasteiger partial charge < -0.3 is 14.6 Å². The van der Waals surface area contributed by atoms with Crippen molar-refractivity contribution in [3.63, 3.8) is 0 Å². The maximum atomic E-state index is 12.4. The van der Waals surface area contributed by atoms with E-state index in [4.69, 9.17) is 4.42 Å². The molecule has 100 valence electrons. The van der Waals surface area contributed by atoms with Gasteiger partial charge in [-0.2, -0.15) is 0 Å². The van der Waals surface area contributed by atoms with Gasteiger partial charge in [0.25, 0.3) is 5.91 Å². The molecule has 0 atom stereocenters. The number of carbonyl (C=O) groups is 1. The normalized spacial score (nSPS) is 16.6. The molecule has 1 amide bonds. The monoisotopic (exact) mass is 258 g/mol. The van der Waals surface area contributed by atoms with E-state index in [1.54, 1.807) is 0 Å². The maximum absolute atomic E-state index is 12.4. The summed E-state index contributed by atoms with van der Waals surface area (Å²) >= 11 is 0. The molecule has 3 rings (SSSR count). The molecular weight excluding hydrogens is 240 g/mol. The van der Waals surface area contributed by atoms with Gasteiger partial charge in [-0.25, -0.2) is 0 Å². The average Bonchev–Trinajstić information content (AvgIpc) is 2.64. The highest BCUT2D eigenvalue weighted by atomic mass is 16.3. The van der Waals surface area contributed by atoms with Crippen molar-refractivity contribution in [2.75, 3.05) is 26.2 Å². The van der Waals surface area contributed by atoms with Gasteiger partial charge >= 0.3 is 0 Å². The van der Waals surface area contributed by atoms with Crippen LogP contribution in [0.1, 0.15) is 22.5 Å². The molecule has 4 heteroatoms. The summed E-state index contributed by atoms with van der Waals surface area (Å²) in [5.74, 6) is 0.444. The molecule has 2 heterocycles. The minimum Gasteiger partial charge on any atom is -0.451 e. The molecule has 1 N–H and O–H groups in total. The summed E-state index contributed by atoms with van der Waals surface area (Å²) in [7, 11) is 0. The highest BCUT2D eigenvalue weighted by Gasteiger charge is 2.20. The number of aryl methyl sites for hydroxylation is 1. The summed E-state index contributed by atoms with van der Waals surface area (Å²) in [6.07, 6.45) is 0.991. The van der Waals surface area contributed by atoms with Gasteiger partial charge in [-0.05, 0) is 38.1 Å². The lowest BCUT2D eigenvalue weighted by atomic mass is 10.2. The zero-order valence-corrected chi connectivity index (χ0v) is 11.1. The van der Waals surface area contributed by atoms with Crippen molar-refractivity contribution in [1.82, 2.24) is 10.2 Å². The predicted molar refractivity (Wildman–Crippen MR) is 74.3 cm³/mol. The fourth-order valence-corrected chi connectivity index (χ4v) is 2.47. The lowest BCUT2D eigenvalue weighted by molar-refractivity contribution is 0.0737. The van der Waals surface area contributed by atoms with Crippen molar-refractivity contribution in [1.29, 1.82) is 0 Å². The second-order valence-electron chi connectivity index (χ2n) is 5.05. The number of hydrogen-bond donors (Lipinski definition) is 1. The van der Waals surface area contributed by atoms with Gasteiger partial charge in [-0.15, -0.1) is 0 Å². The predicted octanol–water partition coefficient (Wildman–Crippen LogP) is 2.18. The molecule has 1 aliphatic heterocycles. The zero-order valence-electron chi connectivity index (χ0n) is 11.1. The third kappa shape index (κ3) is 2.49. The minimum absolute atomic E-state index is 0.00227. The smallest absolute Gasteiger partial charge is 0.289 e. The Morgan fingerprint density at radius 1 is 1.26 bits per heavy atom. The van der Waals surface area contributed by atoms with E-state index >= 15 is 0 Å². The Morgan fingerprint density at radius 2 is 2.16 bits per heavy atom. The molecule has 0 bridgehead atoms. The number of rotatable bonds is 1. The molecule has 0 saturated carbocycles. The van der Waals surface area contributed by atoms with E-state index in [9.17, 15) is 4.79 Å². The third-order valence-corrected chi connectivity index (χ3v) is 3.51. The van der Waals surface area contributed by atoms with Crippen molar-refractivity contribution in [3.8, 4) is 0 Å². The summed E-state index contributed by atoms with van der Waals surface area (Å²) in [5, 5.41) is 4.29. The van der Waals surface area contributed by atoms with Crippen LogP contribution < -0.4 is 5.32 Å². The molecule has 0 radical (unpaired) electrons. The number of carbonyl (C=O) groups excluding carboxylic acids is 1. The molecule has 4 nitrogen and oxygen atoms in total. The fraction of sp³-hybridized carbons (Fsp3) is 0.400. The lowest BCUT2D eigenvalue weighted by Gasteiger charge is -2.18. The standard InChI is InChI=1S/C15H18N2O2/c1-11-3-4-13-12(9-11)10-14(19-13)15(18)17-7-2-5-16-6-8-17/h3-4,9-10,16H,2,5-8H2,1H3. The van der Waals surface area contributed by atoms with Gasteiger partial charge in [0.05, 0.1) is 0 Å². The number of hydrogen-bond acceptors (Lipinski definition) is 3. The van der Waals surface area contributed by atoms with Crippen LogP contribution in [0.25, 0.3) is 11.0 Å². The summed E-state index contributed by atoms with van der Waals surface area (Å²) in [5.41, 5.74) is 1.95. The van der Waals surface area contributed by atoms with Crippen LogP contribution in [0.2, 0.25) is 0 Å². The van der Waals surface area contributed by atoms with Gasteiger partial charge in [-0.1, -0.05) is 11.6 Å². The topological polar surface area (TPSA) is 45.5 Å². The molecule has 0 spiro atoms. The van der Waals surface area contributed by atoms with Crippen LogP contribution in [0.5, 0.6) is 0 Å². The first-order valence-electron chi connectivity index (χ1n) is 6.74. The van der Waals surface area contributed by atoms with Gasteiger partial charge in [0.1, 0.15) is 5.58 Å². The van der Waals surface area contributed by atoms with Crippen LogP contribution in [-0.4, -0.2) is 37.0 Å². The largest absolute Gasteiger partial charge is 0.451 e. The number of nitrogens with one attached hydrogen (secondary N) is 1. The van der Waals surface area contributed by atoms with Crippen molar-refractivity contribution in [2.24, 2.45) is 0 Å². The molecule has 1 aromatic heterocycles. The summed E-state index contributed by atoms with van der Waals surface area (Å²) in [6, 6.07) is 7.81. The zero-order chi connectivity index (χ0) is 13.2. The Bertz CT molecular complexity index is 595. The molecule has 0 unspecified atom stereocenters.